The SMILES string of the molecule is C[N-][Si](C)(C)C1C2SC(C)=CC2C2C=C(C)SC21.O=[C-]c1ccccc1.O=[C-]c1ccccc1.[CH3-].[Ti+4]. The Morgan fingerprint density at radius 2 is 1.11 bits per heavy atom. The molecule has 0 saturated heterocycles. The van der Waals surface area contributed by atoms with Gasteiger partial charge in [0, 0.05) is 10.5 Å². The molecule has 0 amide bonds. The van der Waals surface area contributed by atoms with E-state index in [4.69, 9.17) is 4.98 Å². The normalized spacial score (nSPS) is 25.1. The Kier molecular flexibility index (Phi) is 14.0. The molecule has 0 N–H and O–H groups in total. The minimum absolute atomic E-state index is 0. The molecule has 36 heavy (non-hydrogen) atoms. The molecule has 0 bridgehead atoms. The van der Waals surface area contributed by atoms with Crippen LogP contribution in [0.2, 0.25) is 18.6 Å². The molecule has 0 radical (unpaired) electrons. The van der Waals surface area contributed by atoms with Crippen LogP contribution in [0.4, 0.5) is 0 Å². The molecule has 2 aromatic rings. The zero-order valence-electron chi connectivity index (χ0n) is 21.9. The van der Waals surface area contributed by atoms with Gasteiger partial charge in [0.1, 0.15) is 0 Å². The van der Waals surface area contributed by atoms with Gasteiger partial charge in [-0.25, -0.2) is 0 Å². The third kappa shape index (κ3) is 8.17. The van der Waals surface area contributed by atoms with Crippen LogP contribution >= 0.6 is 23.5 Å². The zero-order chi connectivity index (χ0) is 24.7. The summed E-state index contributed by atoms with van der Waals surface area (Å²) in [5.41, 5.74) is 2.04. The molecule has 4 unspecified atom stereocenters. The van der Waals surface area contributed by atoms with E-state index in [1.807, 2.05) is 19.2 Å². The molecule has 0 aromatic heterocycles. The first-order chi connectivity index (χ1) is 16.3. The number of fused-ring (bicyclic) bond motifs is 3. The van der Waals surface area contributed by atoms with Crippen LogP contribution in [0.5, 0.6) is 0 Å². The second kappa shape index (κ2) is 15.3. The molecule has 5 rings (SSSR count). The van der Waals surface area contributed by atoms with Gasteiger partial charge in [-0.05, 0) is 41.0 Å². The average Bonchev–Trinajstić information content (AvgIpc) is 3.49. The predicted octanol–water partition coefficient (Wildman–Crippen LogP) is 7.59. The summed E-state index contributed by atoms with van der Waals surface area (Å²) < 4.78 is 0. The van der Waals surface area contributed by atoms with Gasteiger partial charge < -0.3 is 22.0 Å². The molecule has 2 aliphatic heterocycles. The van der Waals surface area contributed by atoms with E-state index in [0.29, 0.717) is 11.1 Å². The summed E-state index contributed by atoms with van der Waals surface area (Å²) in [6, 6.07) is 17.8. The molecule has 1 aliphatic carbocycles. The van der Waals surface area contributed by atoms with Gasteiger partial charge in [-0.1, -0.05) is 45.6 Å². The van der Waals surface area contributed by atoms with Crippen molar-refractivity contribution >= 4 is 44.3 Å². The Morgan fingerprint density at radius 1 is 0.750 bits per heavy atom. The fraction of sp³-hybridized carbons (Fsp3) is 0.345. The summed E-state index contributed by atoms with van der Waals surface area (Å²) in [7, 11) is 0.592. The Hall–Kier alpha value is -1.15. The quantitative estimate of drug-likeness (QED) is 0.281. The van der Waals surface area contributed by atoms with Gasteiger partial charge in [0.25, 0.3) is 0 Å². The van der Waals surface area contributed by atoms with Crippen molar-refractivity contribution in [2.24, 2.45) is 11.8 Å². The number of nitrogens with zero attached hydrogens (tertiary/aromatic N) is 1. The number of allylic oxidation sites excluding steroid dienone is 4. The van der Waals surface area contributed by atoms with Crippen molar-refractivity contribution in [3.63, 3.8) is 0 Å². The standard InChI is InChI=1S/C14H22NS2Si.2C7H5O.CH3.Ti/c1-8-6-10-11-7-9(2)17-13(11)14(12(10)16-8)18(4,5)15-3;2*8-6-7-4-2-1-3-5-7;;/h6-7,10-14H,1-5H3;2*1-5H;1H3;/q4*-1;+4. The van der Waals surface area contributed by atoms with Crippen LogP contribution in [0.3, 0.4) is 0 Å². The average molecular weight is 570 g/mol. The molecule has 188 valence electrons. The van der Waals surface area contributed by atoms with Crippen LogP contribution in [0.25, 0.3) is 4.98 Å². The summed E-state index contributed by atoms with van der Waals surface area (Å²) >= 11 is 4.28. The van der Waals surface area contributed by atoms with Crippen molar-refractivity contribution in [3.05, 3.63) is 106 Å². The molecule has 0 spiro atoms. The van der Waals surface area contributed by atoms with Crippen molar-refractivity contribution in [3.8, 4) is 0 Å². The Labute approximate surface area is 242 Å². The van der Waals surface area contributed by atoms with Gasteiger partial charge in [-0.15, -0.1) is 47.8 Å². The summed E-state index contributed by atoms with van der Waals surface area (Å²) in [5, 5.41) is 1.62. The van der Waals surface area contributed by atoms with Crippen molar-refractivity contribution in [2.75, 3.05) is 7.05 Å². The Morgan fingerprint density at radius 3 is 1.39 bits per heavy atom. The van der Waals surface area contributed by atoms with E-state index in [-0.39, 0.29) is 29.1 Å². The third-order valence-electron chi connectivity index (χ3n) is 6.58. The number of hydrogen-bond acceptors (Lipinski definition) is 4. The summed E-state index contributed by atoms with van der Waals surface area (Å²) in [6.45, 7) is 9.48. The van der Waals surface area contributed by atoms with Crippen LogP contribution in [0.1, 0.15) is 25.0 Å². The smallest absolute Gasteiger partial charge is 0.667 e. The van der Waals surface area contributed by atoms with E-state index >= 15 is 0 Å². The predicted molar refractivity (Wildman–Crippen MR) is 157 cm³/mol. The number of benzene rings is 2. The maximum absolute atomic E-state index is 9.88. The van der Waals surface area contributed by atoms with Gasteiger partial charge in [0.05, 0.1) is 12.6 Å². The molecule has 3 aliphatic rings. The molecular weight excluding hydrogens is 534 g/mol. The number of thioether (sulfide) groups is 2. The van der Waals surface area contributed by atoms with Crippen LogP contribution in [0.15, 0.2) is 82.6 Å². The van der Waals surface area contributed by atoms with E-state index in [1.165, 1.54) is 9.81 Å². The van der Waals surface area contributed by atoms with E-state index in [2.05, 4.69) is 62.6 Å². The summed E-state index contributed by atoms with van der Waals surface area (Å²) in [4.78, 5) is 27.7. The zero-order valence-corrected chi connectivity index (χ0v) is 26.1. The number of carbonyl (C=O) groups excluding carboxylic acids is 2. The topological polar surface area (TPSA) is 48.2 Å². The molecule has 7 heteroatoms. The maximum atomic E-state index is 9.88. The second-order valence-electron chi connectivity index (χ2n) is 9.21. The summed E-state index contributed by atoms with van der Waals surface area (Å²) in [5.74, 6) is 1.56. The first-order valence-electron chi connectivity index (χ1n) is 11.5. The minimum atomic E-state index is -1.46. The van der Waals surface area contributed by atoms with Crippen LogP contribution < -0.4 is 0 Å². The first kappa shape index (κ1) is 32.9. The molecule has 3 nitrogen and oxygen atoms in total. The van der Waals surface area contributed by atoms with Gasteiger partial charge in [-0.2, -0.15) is 42.4 Å². The van der Waals surface area contributed by atoms with Crippen molar-refractivity contribution in [2.45, 2.75) is 43.0 Å². The van der Waals surface area contributed by atoms with E-state index in [0.717, 1.165) is 27.9 Å². The maximum Gasteiger partial charge on any atom is 4.00 e. The van der Waals surface area contributed by atoms with Crippen LogP contribution in [0, 0.1) is 19.3 Å². The van der Waals surface area contributed by atoms with E-state index < -0.39 is 8.24 Å². The minimum Gasteiger partial charge on any atom is -0.667 e. The number of rotatable bonds is 4. The van der Waals surface area contributed by atoms with E-state index in [9.17, 15) is 9.59 Å². The van der Waals surface area contributed by atoms with Crippen molar-refractivity contribution in [1.82, 2.24) is 0 Å². The molecule has 1 fully saturated rings. The molecule has 2 heterocycles. The molecule has 4 atom stereocenters. The van der Waals surface area contributed by atoms with Gasteiger partial charge in [0.15, 0.2) is 0 Å². The van der Waals surface area contributed by atoms with Crippen molar-refractivity contribution in [1.29, 1.82) is 0 Å². The second-order valence-corrected chi connectivity index (χ2v) is 16.5. The van der Waals surface area contributed by atoms with Gasteiger partial charge >= 0.3 is 21.7 Å². The Balaban J connectivity index is 0.000000303. The Bertz CT molecular complexity index is 955. The monoisotopic (exact) mass is 569 g/mol. The molecular formula is C29H35NO2S2SiTi. The van der Waals surface area contributed by atoms with Crippen LogP contribution in [-0.2, 0) is 31.3 Å². The third-order valence-corrected chi connectivity index (χ3v) is 13.3. The molecule has 1 saturated carbocycles. The largest absolute Gasteiger partial charge is 4.00 e. The first-order valence-corrected chi connectivity index (χ1v) is 16.3. The fourth-order valence-corrected chi connectivity index (χ4v) is 12.5. The van der Waals surface area contributed by atoms with Crippen LogP contribution in [-0.4, -0.2) is 38.4 Å². The van der Waals surface area contributed by atoms with Gasteiger partial charge in [-0.3, -0.25) is 0 Å². The van der Waals surface area contributed by atoms with Gasteiger partial charge in [0.2, 0.25) is 0 Å². The van der Waals surface area contributed by atoms with E-state index in [1.54, 1.807) is 61.1 Å². The molecule has 2 aromatic carbocycles. The summed E-state index contributed by atoms with van der Waals surface area (Å²) in [6.07, 6.45) is 8.64. The van der Waals surface area contributed by atoms with Crippen molar-refractivity contribution < 1.29 is 31.3 Å². The fourth-order valence-electron chi connectivity index (χ4n) is 4.83. The number of hydrogen-bond donors (Lipinski definition) is 0.